The van der Waals surface area contributed by atoms with Crippen molar-refractivity contribution in [2.24, 2.45) is 0 Å². The van der Waals surface area contributed by atoms with Gasteiger partial charge in [-0.3, -0.25) is 4.98 Å². The Morgan fingerprint density at radius 1 is 1.10 bits per heavy atom. The fourth-order valence-corrected chi connectivity index (χ4v) is 3.56. The van der Waals surface area contributed by atoms with Crippen LogP contribution in [0.4, 0.5) is 4.39 Å². The second-order valence-electron chi connectivity index (χ2n) is 5.77. The highest BCUT2D eigenvalue weighted by atomic mass is 19.1. The number of aromatic nitrogens is 2. The highest BCUT2D eigenvalue weighted by Gasteiger charge is 2.39. The first-order chi connectivity index (χ1) is 9.79. The maximum Gasteiger partial charge on any atom is 0.212 e. The standard InChI is InChI=1S/C16H16FN3/c17-16-4-1-10(9-19-16)11-5-12(8-18-7-11)14-6-13-2-3-15(14)20-13/h1,4-5,7-9,13-15,20H,2-3,6H2/t13-,14+,15+/m0/s1. The van der Waals surface area contributed by atoms with E-state index in [9.17, 15) is 4.39 Å². The Morgan fingerprint density at radius 3 is 2.75 bits per heavy atom. The van der Waals surface area contributed by atoms with Crippen LogP contribution in [-0.2, 0) is 0 Å². The molecule has 0 amide bonds. The summed E-state index contributed by atoms with van der Waals surface area (Å²) in [6, 6.07) is 6.60. The molecular weight excluding hydrogens is 253 g/mol. The van der Waals surface area contributed by atoms with Crippen LogP contribution in [0.2, 0.25) is 0 Å². The van der Waals surface area contributed by atoms with Crippen LogP contribution >= 0.6 is 0 Å². The summed E-state index contributed by atoms with van der Waals surface area (Å²) in [5, 5.41) is 3.65. The molecule has 0 spiro atoms. The first-order valence-corrected chi connectivity index (χ1v) is 7.12. The molecule has 0 radical (unpaired) electrons. The summed E-state index contributed by atoms with van der Waals surface area (Å²) >= 11 is 0. The molecule has 4 rings (SSSR count). The molecule has 1 N–H and O–H groups in total. The molecule has 0 unspecified atom stereocenters. The summed E-state index contributed by atoms with van der Waals surface area (Å²) in [6.45, 7) is 0. The van der Waals surface area contributed by atoms with Gasteiger partial charge in [-0.25, -0.2) is 4.98 Å². The van der Waals surface area contributed by atoms with Gasteiger partial charge in [0.25, 0.3) is 0 Å². The fourth-order valence-electron chi connectivity index (χ4n) is 3.56. The first kappa shape index (κ1) is 12.0. The number of hydrogen-bond donors (Lipinski definition) is 1. The lowest BCUT2D eigenvalue weighted by Crippen LogP contribution is -2.21. The van der Waals surface area contributed by atoms with Crippen molar-refractivity contribution < 1.29 is 4.39 Å². The van der Waals surface area contributed by atoms with Crippen molar-refractivity contribution in [3.63, 3.8) is 0 Å². The van der Waals surface area contributed by atoms with E-state index in [-0.39, 0.29) is 0 Å². The monoisotopic (exact) mass is 269 g/mol. The van der Waals surface area contributed by atoms with E-state index in [0.29, 0.717) is 18.0 Å². The van der Waals surface area contributed by atoms with E-state index in [4.69, 9.17) is 0 Å². The van der Waals surface area contributed by atoms with Gasteiger partial charge in [-0.2, -0.15) is 4.39 Å². The number of nitrogens with zero attached hydrogens (tertiary/aromatic N) is 2. The summed E-state index contributed by atoms with van der Waals surface area (Å²) in [6.07, 6.45) is 9.12. The van der Waals surface area contributed by atoms with Gasteiger partial charge in [0.2, 0.25) is 5.95 Å². The third-order valence-electron chi connectivity index (χ3n) is 4.55. The number of fused-ring (bicyclic) bond motifs is 2. The van der Waals surface area contributed by atoms with Gasteiger partial charge in [0.1, 0.15) is 0 Å². The molecule has 0 saturated carbocycles. The van der Waals surface area contributed by atoms with Crippen LogP contribution in [-0.4, -0.2) is 22.1 Å². The Bertz CT molecular complexity index is 626. The minimum Gasteiger partial charge on any atom is -0.311 e. The van der Waals surface area contributed by atoms with E-state index in [1.54, 1.807) is 12.3 Å². The third-order valence-corrected chi connectivity index (χ3v) is 4.55. The zero-order valence-corrected chi connectivity index (χ0v) is 11.1. The zero-order chi connectivity index (χ0) is 13.5. The molecule has 2 saturated heterocycles. The van der Waals surface area contributed by atoms with Crippen LogP contribution in [0.15, 0.2) is 36.8 Å². The Hall–Kier alpha value is -1.81. The second-order valence-corrected chi connectivity index (χ2v) is 5.77. The summed E-state index contributed by atoms with van der Waals surface area (Å²) in [5.41, 5.74) is 3.21. The minimum atomic E-state index is -0.449. The smallest absolute Gasteiger partial charge is 0.212 e. The SMILES string of the molecule is Fc1ccc(-c2cncc([C@H]3C[C@@H]4CC[C@H]3N4)c2)cn1. The summed E-state index contributed by atoms with van der Waals surface area (Å²) in [7, 11) is 0. The number of hydrogen-bond acceptors (Lipinski definition) is 3. The largest absolute Gasteiger partial charge is 0.311 e. The van der Waals surface area contributed by atoms with Crippen LogP contribution in [0.25, 0.3) is 11.1 Å². The zero-order valence-electron chi connectivity index (χ0n) is 11.1. The van der Waals surface area contributed by atoms with Crippen molar-refractivity contribution in [2.75, 3.05) is 0 Å². The van der Waals surface area contributed by atoms with E-state index >= 15 is 0 Å². The second kappa shape index (κ2) is 4.63. The van der Waals surface area contributed by atoms with Gasteiger partial charge >= 0.3 is 0 Å². The van der Waals surface area contributed by atoms with E-state index < -0.39 is 5.95 Å². The van der Waals surface area contributed by atoms with Crippen molar-refractivity contribution in [2.45, 2.75) is 37.3 Å². The minimum absolute atomic E-state index is 0.449. The molecule has 2 bridgehead atoms. The predicted octanol–water partition coefficient (Wildman–Crippen LogP) is 2.89. The van der Waals surface area contributed by atoms with Crippen LogP contribution < -0.4 is 5.32 Å². The maximum atomic E-state index is 12.9. The van der Waals surface area contributed by atoms with Crippen molar-refractivity contribution in [3.05, 3.63) is 48.3 Å². The normalized spacial score (nSPS) is 27.9. The Balaban J connectivity index is 1.66. The van der Waals surface area contributed by atoms with Gasteiger partial charge in [-0.05, 0) is 43.0 Å². The highest BCUT2D eigenvalue weighted by molar-refractivity contribution is 5.62. The van der Waals surface area contributed by atoms with Crippen LogP contribution in [0.5, 0.6) is 0 Å². The van der Waals surface area contributed by atoms with E-state index in [2.05, 4.69) is 21.4 Å². The number of halogens is 1. The van der Waals surface area contributed by atoms with Crippen molar-refractivity contribution in [1.82, 2.24) is 15.3 Å². The van der Waals surface area contributed by atoms with Gasteiger partial charge in [-0.15, -0.1) is 0 Å². The molecular formula is C16H16FN3. The van der Waals surface area contributed by atoms with Crippen LogP contribution in [0, 0.1) is 5.95 Å². The lowest BCUT2D eigenvalue weighted by atomic mass is 9.84. The molecule has 2 fully saturated rings. The average molecular weight is 269 g/mol. The summed E-state index contributed by atoms with van der Waals surface area (Å²) in [5.74, 6) is 0.116. The van der Waals surface area contributed by atoms with Gasteiger partial charge in [-0.1, -0.05) is 0 Å². The number of nitrogens with one attached hydrogen (secondary N) is 1. The molecule has 2 aliphatic rings. The van der Waals surface area contributed by atoms with E-state index in [1.165, 1.54) is 30.9 Å². The molecule has 3 nitrogen and oxygen atoms in total. The molecule has 2 aromatic heterocycles. The lowest BCUT2D eigenvalue weighted by Gasteiger charge is -2.20. The van der Waals surface area contributed by atoms with Crippen molar-refractivity contribution in [3.8, 4) is 11.1 Å². The molecule has 102 valence electrons. The molecule has 0 aliphatic carbocycles. The molecule has 2 aliphatic heterocycles. The predicted molar refractivity (Wildman–Crippen MR) is 74.7 cm³/mol. The Morgan fingerprint density at radius 2 is 2.05 bits per heavy atom. The average Bonchev–Trinajstić information content (AvgIpc) is 3.11. The van der Waals surface area contributed by atoms with Gasteiger partial charge in [0.15, 0.2) is 0 Å². The summed E-state index contributed by atoms with van der Waals surface area (Å²) in [4.78, 5) is 8.08. The molecule has 2 aromatic rings. The van der Waals surface area contributed by atoms with Crippen LogP contribution in [0.3, 0.4) is 0 Å². The van der Waals surface area contributed by atoms with E-state index in [0.717, 1.165) is 11.1 Å². The van der Waals surface area contributed by atoms with Gasteiger partial charge in [0.05, 0.1) is 0 Å². The highest BCUT2D eigenvalue weighted by Crippen LogP contribution is 2.40. The molecule has 0 aromatic carbocycles. The quantitative estimate of drug-likeness (QED) is 0.852. The van der Waals surface area contributed by atoms with Gasteiger partial charge < -0.3 is 5.32 Å². The van der Waals surface area contributed by atoms with Crippen molar-refractivity contribution in [1.29, 1.82) is 0 Å². The molecule has 4 heteroatoms. The van der Waals surface area contributed by atoms with Crippen LogP contribution in [0.1, 0.15) is 30.7 Å². The van der Waals surface area contributed by atoms with E-state index in [1.807, 2.05) is 12.4 Å². The topological polar surface area (TPSA) is 37.8 Å². The third kappa shape index (κ3) is 2.00. The maximum absolute atomic E-state index is 12.9. The molecule has 3 atom stereocenters. The number of pyridine rings is 2. The van der Waals surface area contributed by atoms with Gasteiger partial charge in [0, 0.05) is 47.7 Å². The Kier molecular flexibility index (Phi) is 2.77. The fraction of sp³-hybridized carbons (Fsp3) is 0.375. The molecule has 4 heterocycles. The first-order valence-electron chi connectivity index (χ1n) is 7.12. The lowest BCUT2D eigenvalue weighted by molar-refractivity contribution is 0.505. The summed E-state index contributed by atoms with van der Waals surface area (Å²) < 4.78 is 12.9. The van der Waals surface area contributed by atoms with Crippen molar-refractivity contribution >= 4 is 0 Å². The Labute approximate surface area is 117 Å². The molecule has 20 heavy (non-hydrogen) atoms. The number of rotatable bonds is 2.